The molecule has 0 bridgehead atoms. The molecule has 0 amide bonds. The Morgan fingerprint density at radius 1 is 1.30 bits per heavy atom. The molecule has 0 atom stereocenters. The molecule has 20 heavy (non-hydrogen) atoms. The van der Waals surface area contributed by atoms with Gasteiger partial charge in [-0.25, -0.2) is 4.98 Å². The number of nitrogens with one attached hydrogen (secondary N) is 1. The number of H-pyrrole nitrogens is 1. The van der Waals surface area contributed by atoms with E-state index in [9.17, 15) is 4.79 Å². The molecule has 5 heteroatoms. The summed E-state index contributed by atoms with van der Waals surface area (Å²) >= 11 is 0. The topological polar surface area (TPSA) is 75.0 Å². The third-order valence-corrected chi connectivity index (χ3v) is 4.14. The molecule has 5 nitrogen and oxygen atoms in total. The molecule has 1 saturated heterocycles. The van der Waals surface area contributed by atoms with Crippen molar-refractivity contribution in [3.63, 3.8) is 0 Å². The van der Waals surface area contributed by atoms with Gasteiger partial charge in [-0.15, -0.1) is 0 Å². The summed E-state index contributed by atoms with van der Waals surface area (Å²) in [6, 6.07) is 5.46. The smallest absolute Gasteiger partial charge is 0.249 e. The standard InChI is InChI=1S/C15H20N4O/c16-7-3-11-5-9-19(10-6-11)13-4-8-17-15-12(13)1-2-14(20)18-15/h1-2,4,8,11H,3,5-7,9-10,16H2,(H,17,18,20). The number of hydrogen-bond donors (Lipinski definition) is 2. The number of rotatable bonds is 3. The van der Waals surface area contributed by atoms with Gasteiger partial charge in [0.25, 0.3) is 0 Å². The summed E-state index contributed by atoms with van der Waals surface area (Å²) in [5.41, 5.74) is 7.36. The van der Waals surface area contributed by atoms with E-state index in [0.717, 1.165) is 43.0 Å². The highest BCUT2D eigenvalue weighted by Gasteiger charge is 2.20. The van der Waals surface area contributed by atoms with E-state index in [0.29, 0.717) is 5.65 Å². The van der Waals surface area contributed by atoms with Crippen molar-refractivity contribution in [2.24, 2.45) is 11.7 Å². The van der Waals surface area contributed by atoms with Gasteiger partial charge in [0.05, 0.1) is 0 Å². The van der Waals surface area contributed by atoms with E-state index < -0.39 is 0 Å². The van der Waals surface area contributed by atoms with E-state index in [1.54, 1.807) is 12.3 Å². The third kappa shape index (κ3) is 2.54. The zero-order chi connectivity index (χ0) is 13.9. The number of aromatic nitrogens is 2. The first-order valence-electron chi connectivity index (χ1n) is 7.21. The highest BCUT2D eigenvalue weighted by Crippen LogP contribution is 2.28. The summed E-state index contributed by atoms with van der Waals surface area (Å²) in [5.74, 6) is 0.754. The number of anilines is 1. The molecule has 106 valence electrons. The Morgan fingerprint density at radius 3 is 2.85 bits per heavy atom. The summed E-state index contributed by atoms with van der Waals surface area (Å²) in [7, 11) is 0. The fraction of sp³-hybridized carbons (Fsp3) is 0.467. The first-order valence-corrected chi connectivity index (χ1v) is 7.21. The average molecular weight is 272 g/mol. The maximum atomic E-state index is 11.4. The number of fused-ring (bicyclic) bond motifs is 1. The van der Waals surface area contributed by atoms with Crippen molar-refractivity contribution in [1.82, 2.24) is 9.97 Å². The van der Waals surface area contributed by atoms with E-state index in [2.05, 4.69) is 14.9 Å². The highest BCUT2D eigenvalue weighted by molar-refractivity contribution is 5.88. The molecular weight excluding hydrogens is 252 g/mol. The first kappa shape index (κ1) is 13.1. The van der Waals surface area contributed by atoms with Crippen LogP contribution >= 0.6 is 0 Å². The Morgan fingerprint density at radius 2 is 2.10 bits per heavy atom. The predicted molar refractivity (Wildman–Crippen MR) is 81.0 cm³/mol. The number of pyridine rings is 2. The SMILES string of the molecule is NCCC1CCN(c2ccnc3[nH]c(=O)ccc23)CC1. The van der Waals surface area contributed by atoms with Gasteiger partial charge in [0, 0.05) is 36.4 Å². The van der Waals surface area contributed by atoms with Crippen LogP contribution in [0.1, 0.15) is 19.3 Å². The summed E-state index contributed by atoms with van der Waals surface area (Å²) in [6.07, 6.45) is 5.26. The fourth-order valence-electron chi connectivity index (χ4n) is 3.02. The van der Waals surface area contributed by atoms with Gasteiger partial charge in [0.1, 0.15) is 5.65 Å². The first-order chi connectivity index (χ1) is 9.78. The van der Waals surface area contributed by atoms with E-state index in [-0.39, 0.29) is 5.56 Å². The van der Waals surface area contributed by atoms with Gasteiger partial charge < -0.3 is 15.6 Å². The number of nitrogens with two attached hydrogens (primary N) is 1. The minimum atomic E-state index is -0.108. The molecule has 0 aliphatic carbocycles. The second kappa shape index (κ2) is 5.63. The number of nitrogens with zero attached hydrogens (tertiary/aromatic N) is 2. The molecular formula is C15H20N4O. The molecule has 1 aliphatic rings. The van der Waals surface area contributed by atoms with Gasteiger partial charge in [0.15, 0.2) is 0 Å². The Hall–Kier alpha value is -1.88. The molecule has 3 N–H and O–H groups in total. The largest absolute Gasteiger partial charge is 0.371 e. The number of hydrogen-bond acceptors (Lipinski definition) is 4. The lowest BCUT2D eigenvalue weighted by atomic mass is 9.93. The van der Waals surface area contributed by atoms with Crippen LogP contribution in [0, 0.1) is 5.92 Å². The minimum absolute atomic E-state index is 0.108. The van der Waals surface area contributed by atoms with Crippen LogP contribution in [0.2, 0.25) is 0 Å². The van der Waals surface area contributed by atoms with Gasteiger partial charge >= 0.3 is 0 Å². The van der Waals surface area contributed by atoms with E-state index >= 15 is 0 Å². The Bertz CT molecular complexity index is 644. The molecule has 0 unspecified atom stereocenters. The molecule has 2 aromatic heterocycles. The monoisotopic (exact) mass is 272 g/mol. The second-order valence-corrected chi connectivity index (χ2v) is 5.42. The van der Waals surface area contributed by atoms with Crippen LogP contribution in [0.5, 0.6) is 0 Å². The lowest BCUT2D eigenvalue weighted by Gasteiger charge is -2.34. The van der Waals surface area contributed by atoms with Crippen molar-refractivity contribution in [2.75, 3.05) is 24.5 Å². The molecule has 3 rings (SSSR count). The molecule has 0 aromatic carbocycles. The Balaban J connectivity index is 1.86. The normalized spacial score (nSPS) is 16.8. The average Bonchev–Trinajstić information content (AvgIpc) is 2.47. The van der Waals surface area contributed by atoms with E-state index in [1.807, 2.05) is 12.1 Å². The zero-order valence-electron chi connectivity index (χ0n) is 11.5. The molecule has 1 fully saturated rings. The predicted octanol–water partition coefficient (Wildman–Crippen LogP) is 1.49. The summed E-state index contributed by atoms with van der Waals surface area (Å²) in [5, 5.41) is 1.02. The summed E-state index contributed by atoms with van der Waals surface area (Å²) < 4.78 is 0. The molecule has 0 saturated carbocycles. The van der Waals surface area contributed by atoms with Crippen LogP contribution < -0.4 is 16.2 Å². The molecule has 0 spiro atoms. The van der Waals surface area contributed by atoms with Gasteiger partial charge in [-0.2, -0.15) is 0 Å². The van der Waals surface area contributed by atoms with Crippen molar-refractivity contribution >= 4 is 16.7 Å². The zero-order valence-corrected chi connectivity index (χ0v) is 11.5. The van der Waals surface area contributed by atoms with Crippen molar-refractivity contribution in [3.8, 4) is 0 Å². The van der Waals surface area contributed by atoms with Crippen molar-refractivity contribution < 1.29 is 0 Å². The Kier molecular flexibility index (Phi) is 3.69. The molecule has 2 aromatic rings. The lowest BCUT2D eigenvalue weighted by Crippen LogP contribution is -2.34. The van der Waals surface area contributed by atoms with Crippen molar-refractivity contribution in [1.29, 1.82) is 0 Å². The minimum Gasteiger partial charge on any atom is -0.371 e. The fourth-order valence-corrected chi connectivity index (χ4v) is 3.02. The van der Waals surface area contributed by atoms with Crippen LogP contribution in [-0.4, -0.2) is 29.6 Å². The number of piperidine rings is 1. The van der Waals surface area contributed by atoms with Crippen LogP contribution in [0.25, 0.3) is 11.0 Å². The van der Waals surface area contributed by atoms with Crippen LogP contribution in [-0.2, 0) is 0 Å². The van der Waals surface area contributed by atoms with Crippen molar-refractivity contribution in [3.05, 3.63) is 34.7 Å². The third-order valence-electron chi connectivity index (χ3n) is 4.14. The lowest BCUT2D eigenvalue weighted by molar-refractivity contribution is 0.387. The van der Waals surface area contributed by atoms with Crippen LogP contribution in [0.4, 0.5) is 5.69 Å². The van der Waals surface area contributed by atoms with Crippen molar-refractivity contribution in [2.45, 2.75) is 19.3 Å². The Labute approximate surface area is 117 Å². The quantitative estimate of drug-likeness (QED) is 0.887. The van der Waals surface area contributed by atoms with Gasteiger partial charge in [-0.3, -0.25) is 4.79 Å². The van der Waals surface area contributed by atoms with E-state index in [1.165, 1.54) is 12.8 Å². The summed E-state index contributed by atoms with van der Waals surface area (Å²) in [6.45, 7) is 2.87. The van der Waals surface area contributed by atoms with E-state index in [4.69, 9.17) is 5.73 Å². The highest BCUT2D eigenvalue weighted by atomic mass is 16.1. The maximum Gasteiger partial charge on any atom is 0.249 e. The molecule has 1 aliphatic heterocycles. The van der Waals surface area contributed by atoms with Gasteiger partial charge in [-0.05, 0) is 43.9 Å². The van der Waals surface area contributed by atoms with Gasteiger partial charge in [-0.1, -0.05) is 0 Å². The number of aromatic amines is 1. The molecule has 3 heterocycles. The summed E-state index contributed by atoms with van der Waals surface area (Å²) in [4.78, 5) is 20.8. The molecule has 0 radical (unpaired) electrons. The second-order valence-electron chi connectivity index (χ2n) is 5.42. The van der Waals surface area contributed by atoms with Gasteiger partial charge in [0.2, 0.25) is 5.56 Å². The maximum absolute atomic E-state index is 11.4. The van der Waals surface area contributed by atoms with Crippen LogP contribution in [0.3, 0.4) is 0 Å². The van der Waals surface area contributed by atoms with Crippen LogP contribution in [0.15, 0.2) is 29.2 Å².